The second-order valence-electron chi connectivity index (χ2n) is 12.7. The lowest BCUT2D eigenvalue weighted by Crippen LogP contribution is -2.51. The summed E-state index contributed by atoms with van der Waals surface area (Å²) in [4.78, 5) is 48.9. The molecule has 0 bridgehead atoms. The van der Waals surface area contributed by atoms with Crippen LogP contribution in [0.1, 0.15) is 76.0 Å². The van der Waals surface area contributed by atoms with Crippen LogP contribution in [0, 0.1) is 5.92 Å². The van der Waals surface area contributed by atoms with E-state index in [0.717, 1.165) is 68.9 Å². The highest BCUT2D eigenvalue weighted by Crippen LogP contribution is 2.35. The number of alkyl carbamates (subject to hydrolysis) is 1. The maximum Gasteiger partial charge on any atom is 0.407 e. The van der Waals surface area contributed by atoms with Gasteiger partial charge < -0.3 is 24.9 Å². The number of H-pyrrole nitrogens is 2. The maximum absolute atomic E-state index is 13.5. The number of ether oxygens (including phenoxy) is 1. The maximum atomic E-state index is 13.5. The summed E-state index contributed by atoms with van der Waals surface area (Å²) >= 11 is 0. The summed E-state index contributed by atoms with van der Waals surface area (Å²) in [5.74, 6) is 2.21. The number of amides is 2. The SMILES string of the molecule is COC(=O)NC(C(=O)N1CCCC1c1nc2ccc(-c3ccc4cc(-c5cnc(C6CCCC6)[nH]5)ccc4n3)cc2[nH]1)C(C)C. The third-order valence-corrected chi connectivity index (χ3v) is 9.38. The Morgan fingerprint density at radius 3 is 2.51 bits per heavy atom. The second kappa shape index (κ2) is 12.0. The highest BCUT2D eigenvalue weighted by Gasteiger charge is 2.37. The molecule has 7 rings (SSSR count). The first kappa shape index (κ1) is 29.0. The molecule has 10 heteroatoms. The lowest BCUT2D eigenvalue weighted by molar-refractivity contribution is -0.135. The second-order valence-corrected chi connectivity index (χ2v) is 12.7. The largest absolute Gasteiger partial charge is 0.453 e. The van der Waals surface area contributed by atoms with E-state index in [1.165, 1.54) is 32.8 Å². The monoisotopic (exact) mass is 605 g/mol. The molecule has 1 saturated heterocycles. The molecule has 1 aliphatic heterocycles. The number of hydrogen-bond acceptors (Lipinski definition) is 6. The molecule has 10 nitrogen and oxygen atoms in total. The van der Waals surface area contributed by atoms with Gasteiger partial charge in [0, 0.05) is 29.0 Å². The highest BCUT2D eigenvalue weighted by molar-refractivity contribution is 5.88. The van der Waals surface area contributed by atoms with E-state index in [1.54, 1.807) is 0 Å². The molecule has 1 saturated carbocycles. The van der Waals surface area contributed by atoms with Gasteiger partial charge >= 0.3 is 6.09 Å². The normalized spacial score (nSPS) is 17.9. The Hall–Kier alpha value is -4.73. The van der Waals surface area contributed by atoms with Crippen LogP contribution in [0.2, 0.25) is 0 Å². The van der Waals surface area contributed by atoms with E-state index in [0.29, 0.717) is 12.5 Å². The zero-order chi connectivity index (χ0) is 31.1. The van der Waals surface area contributed by atoms with Crippen molar-refractivity contribution in [3.63, 3.8) is 0 Å². The average molecular weight is 606 g/mol. The van der Waals surface area contributed by atoms with Crippen molar-refractivity contribution in [3.05, 3.63) is 66.4 Å². The smallest absolute Gasteiger partial charge is 0.407 e. The topological polar surface area (TPSA) is 129 Å². The molecule has 2 aromatic carbocycles. The first-order chi connectivity index (χ1) is 21.9. The number of nitrogens with one attached hydrogen (secondary N) is 3. The van der Waals surface area contributed by atoms with Gasteiger partial charge in [-0.25, -0.2) is 19.7 Å². The van der Waals surface area contributed by atoms with Gasteiger partial charge in [-0.1, -0.05) is 44.9 Å². The van der Waals surface area contributed by atoms with E-state index in [2.05, 4.69) is 56.7 Å². The minimum atomic E-state index is -0.669. The Morgan fingerprint density at radius 2 is 1.71 bits per heavy atom. The Bertz CT molecular complexity index is 1870. The number of pyridine rings is 1. The van der Waals surface area contributed by atoms with Gasteiger partial charge in [-0.15, -0.1) is 0 Å². The van der Waals surface area contributed by atoms with Gasteiger partial charge in [0.05, 0.1) is 47.3 Å². The molecule has 2 amide bonds. The summed E-state index contributed by atoms with van der Waals surface area (Å²) in [5.41, 5.74) is 6.68. The molecule has 2 atom stereocenters. The summed E-state index contributed by atoms with van der Waals surface area (Å²) < 4.78 is 4.76. The number of rotatable bonds is 7. The van der Waals surface area contributed by atoms with Crippen molar-refractivity contribution < 1.29 is 14.3 Å². The molecular weight excluding hydrogens is 566 g/mol. The molecule has 1 aliphatic carbocycles. The van der Waals surface area contributed by atoms with Crippen LogP contribution < -0.4 is 5.32 Å². The lowest BCUT2D eigenvalue weighted by atomic mass is 10.0. The van der Waals surface area contributed by atoms with Gasteiger partial charge in [0.1, 0.15) is 17.7 Å². The van der Waals surface area contributed by atoms with Crippen LogP contribution in [0.5, 0.6) is 0 Å². The van der Waals surface area contributed by atoms with Crippen molar-refractivity contribution in [3.8, 4) is 22.5 Å². The number of fused-ring (bicyclic) bond motifs is 2. The molecule has 0 radical (unpaired) electrons. The summed E-state index contributed by atoms with van der Waals surface area (Å²) in [6.45, 7) is 4.44. The first-order valence-corrected chi connectivity index (χ1v) is 16.0. The van der Waals surface area contributed by atoms with Crippen molar-refractivity contribution in [2.45, 2.75) is 70.4 Å². The van der Waals surface area contributed by atoms with E-state index in [4.69, 9.17) is 14.7 Å². The zero-order valence-electron chi connectivity index (χ0n) is 26.0. The molecule has 4 heterocycles. The fourth-order valence-electron chi connectivity index (χ4n) is 6.88. The quantitative estimate of drug-likeness (QED) is 0.186. The van der Waals surface area contributed by atoms with Crippen molar-refractivity contribution in [2.75, 3.05) is 13.7 Å². The number of benzene rings is 2. The fraction of sp³-hybridized carbons (Fsp3) is 0.400. The number of methoxy groups -OCH3 is 1. The summed E-state index contributed by atoms with van der Waals surface area (Å²) in [6, 6.07) is 15.8. The molecule has 232 valence electrons. The molecular formula is C35H39N7O3. The van der Waals surface area contributed by atoms with Crippen molar-refractivity contribution in [1.82, 2.24) is 35.1 Å². The fourth-order valence-corrected chi connectivity index (χ4v) is 6.88. The molecule has 3 N–H and O–H groups in total. The van der Waals surface area contributed by atoms with Crippen molar-refractivity contribution >= 4 is 33.9 Å². The highest BCUT2D eigenvalue weighted by atomic mass is 16.5. The molecule has 2 aliphatic rings. The molecule has 2 fully saturated rings. The summed E-state index contributed by atoms with van der Waals surface area (Å²) in [5, 5.41) is 3.78. The molecule has 45 heavy (non-hydrogen) atoms. The number of imidazole rings is 2. The standard InChI is InChI=1S/C35H39N7O3/c1-20(2)31(41-35(44)45-3)34(43)42-16-6-9-30(42)33-38-27-15-12-24(18-28(27)39-33)26-13-10-22-17-23(11-14-25(22)37-26)29-19-36-32(40-29)21-7-4-5-8-21/h10-15,17-21,30-31H,4-9,16H2,1-3H3,(H,36,40)(H,38,39)(H,41,44). The molecule has 2 unspecified atom stereocenters. The Kier molecular flexibility index (Phi) is 7.73. The van der Waals surface area contributed by atoms with Crippen LogP contribution in [-0.2, 0) is 9.53 Å². The van der Waals surface area contributed by atoms with Gasteiger partial charge in [-0.05, 0) is 61.9 Å². The molecule has 3 aromatic heterocycles. The van der Waals surface area contributed by atoms with Gasteiger partial charge in [-0.3, -0.25) is 4.79 Å². The lowest BCUT2D eigenvalue weighted by Gasteiger charge is -2.29. The van der Waals surface area contributed by atoms with Gasteiger partial charge in [-0.2, -0.15) is 0 Å². The number of hydrogen-bond donors (Lipinski definition) is 3. The van der Waals surface area contributed by atoms with Gasteiger partial charge in [0.2, 0.25) is 5.91 Å². The zero-order valence-corrected chi connectivity index (χ0v) is 26.0. The third kappa shape index (κ3) is 5.65. The third-order valence-electron chi connectivity index (χ3n) is 9.38. The number of aromatic amines is 2. The Balaban J connectivity index is 1.11. The van der Waals surface area contributed by atoms with Crippen molar-refractivity contribution in [1.29, 1.82) is 0 Å². The van der Waals surface area contributed by atoms with E-state index in [9.17, 15) is 9.59 Å². The molecule has 5 aromatic rings. The summed E-state index contributed by atoms with van der Waals surface area (Å²) in [7, 11) is 1.30. The van der Waals surface area contributed by atoms with E-state index >= 15 is 0 Å². The predicted molar refractivity (Wildman–Crippen MR) is 173 cm³/mol. The van der Waals surface area contributed by atoms with Crippen LogP contribution in [0.25, 0.3) is 44.5 Å². The van der Waals surface area contributed by atoms with Crippen LogP contribution in [0.3, 0.4) is 0 Å². The Morgan fingerprint density at radius 1 is 0.911 bits per heavy atom. The number of nitrogens with zero attached hydrogens (tertiary/aromatic N) is 4. The van der Waals surface area contributed by atoms with Crippen LogP contribution in [-0.4, -0.2) is 61.5 Å². The minimum absolute atomic E-state index is 0.0861. The van der Waals surface area contributed by atoms with Gasteiger partial charge in [0.25, 0.3) is 0 Å². The summed E-state index contributed by atoms with van der Waals surface area (Å²) in [6.07, 6.45) is 8.02. The van der Waals surface area contributed by atoms with Crippen molar-refractivity contribution in [2.24, 2.45) is 5.92 Å². The Labute approximate surface area is 262 Å². The van der Waals surface area contributed by atoms with E-state index in [-0.39, 0.29) is 17.9 Å². The number of carbonyl (C=O) groups excluding carboxylic acids is 2. The van der Waals surface area contributed by atoms with Crippen LogP contribution >= 0.6 is 0 Å². The van der Waals surface area contributed by atoms with Gasteiger partial charge in [0.15, 0.2) is 0 Å². The first-order valence-electron chi connectivity index (χ1n) is 16.0. The van der Waals surface area contributed by atoms with E-state index in [1.807, 2.05) is 37.1 Å². The number of carbonyl (C=O) groups is 2. The number of aromatic nitrogens is 5. The van der Waals surface area contributed by atoms with E-state index < -0.39 is 12.1 Å². The minimum Gasteiger partial charge on any atom is -0.453 e. The average Bonchev–Trinajstić information content (AvgIpc) is 3.88. The van der Waals surface area contributed by atoms with Crippen LogP contribution in [0.15, 0.2) is 54.7 Å². The molecule has 0 spiro atoms. The van der Waals surface area contributed by atoms with Crippen LogP contribution in [0.4, 0.5) is 4.79 Å². The predicted octanol–water partition coefficient (Wildman–Crippen LogP) is 6.87. The number of likely N-dealkylation sites (tertiary alicyclic amines) is 1.